The van der Waals surface area contributed by atoms with Crippen molar-refractivity contribution in [1.29, 1.82) is 0 Å². The standard InChI is InChI=1S/C16H28N4O/c17-11-5-2-6-14-12-20(19-18-14)13-15-7-10-16(21-15)8-3-1-4-9-16/h12,15H,1-11,13,17H2. The molecule has 118 valence electrons. The van der Waals surface area contributed by atoms with Crippen LogP contribution in [0.3, 0.4) is 0 Å². The third-order valence-corrected chi connectivity index (χ3v) is 4.97. The molecule has 2 heterocycles. The van der Waals surface area contributed by atoms with Crippen LogP contribution in [0, 0.1) is 0 Å². The predicted octanol–water partition coefficient (Wildman–Crippen LogP) is 2.44. The van der Waals surface area contributed by atoms with Crippen LogP contribution in [0.4, 0.5) is 0 Å². The Kier molecular flexibility index (Phi) is 4.91. The molecule has 1 saturated heterocycles. The zero-order valence-electron chi connectivity index (χ0n) is 13.0. The summed E-state index contributed by atoms with van der Waals surface area (Å²) in [5, 5.41) is 8.50. The molecule has 0 aromatic carbocycles. The number of ether oxygens (including phenoxy) is 1. The molecule has 2 fully saturated rings. The zero-order chi connectivity index (χ0) is 14.5. The molecule has 0 amide bonds. The minimum Gasteiger partial charge on any atom is -0.370 e. The minimum atomic E-state index is 0.202. The number of rotatable bonds is 6. The van der Waals surface area contributed by atoms with Crippen molar-refractivity contribution in [3.05, 3.63) is 11.9 Å². The summed E-state index contributed by atoms with van der Waals surface area (Å²) in [6.45, 7) is 1.61. The van der Waals surface area contributed by atoms with Crippen molar-refractivity contribution >= 4 is 0 Å². The fourth-order valence-corrected chi connectivity index (χ4v) is 3.79. The van der Waals surface area contributed by atoms with Crippen LogP contribution in [-0.4, -0.2) is 33.2 Å². The van der Waals surface area contributed by atoms with Crippen LogP contribution in [0.2, 0.25) is 0 Å². The molecule has 1 unspecified atom stereocenters. The van der Waals surface area contributed by atoms with E-state index in [9.17, 15) is 0 Å². The van der Waals surface area contributed by atoms with Gasteiger partial charge >= 0.3 is 0 Å². The highest BCUT2D eigenvalue weighted by atomic mass is 16.5. The van der Waals surface area contributed by atoms with E-state index in [4.69, 9.17) is 10.5 Å². The van der Waals surface area contributed by atoms with Gasteiger partial charge in [0.1, 0.15) is 0 Å². The largest absolute Gasteiger partial charge is 0.370 e. The molecular weight excluding hydrogens is 264 g/mol. The number of nitrogens with zero attached hydrogens (tertiary/aromatic N) is 3. The fourth-order valence-electron chi connectivity index (χ4n) is 3.79. The van der Waals surface area contributed by atoms with E-state index in [0.29, 0.717) is 6.10 Å². The molecule has 1 aromatic heterocycles. The maximum atomic E-state index is 6.40. The van der Waals surface area contributed by atoms with Gasteiger partial charge in [0.15, 0.2) is 0 Å². The summed E-state index contributed by atoms with van der Waals surface area (Å²) in [6.07, 6.45) is 14.5. The molecule has 1 aliphatic carbocycles. The molecule has 2 aliphatic rings. The second-order valence-electron chi connectivity index (χ2n) is 6.70. The van der Waals surface area contributed by atoms with Crippen LogP contribution in [0.5, 0.6) is 0 Å². The molecule has 2 N–H and O–H groups in total. The first-order valence-electron chi connectivity index (χ1n) is 8.57. The van der Waals surface area contributed by atoms with Gasteiger partial charge in [-0.3, -0.25) is 0 Å². The van der Waals surface area contributed by atoms with Crippen molar-refractivity contribution < 1.29 is 4.74 Å². The van der Waals surface area contributed by atoms with Gasteiger partial charge in [-0.15, -0.1) is 5.10 Å². The molecule has 3 rings (SSSR count). The summed E-state index contributed by atoms with van der Waals surface area (Å²) >= 11 is 0. The van der Waals surface area contributed by atoms with Gasteiger partial charge < -0.3 is 10.5 Å². The van der Waals surface area contributed by atoms with Crippen LogP contribution in [0.1, 0.15) is 63.5 Å². The average molecular weight is 292 g/mol. The lowest BCUT2D eigenvalue weighted by atomic mass is 9.83. The fraction of sp³-hybridized carbons (Fsp3) is 0.875. The first-order valence-corrected chi connectivity index (χ1v) is 8.57. The molecule has 21 heavy (non-hydrogen) atoms. The van der Waals surface area contributed by atoms with Crippen LogP contribution >= 0.6 is 0 Å². The summed E-state index contributed by atoms with van der Waals surface area (Å²) in [5.41, 5.74) is 6.80. The highest BCUT2D eigenvalue weighted by Gasteiger charge is 2.40. The van der Waals surface area contributed by atoms with Crippen LogP contribution in [0.25, 0.3) is 0 Å². The summed E-state index contributed by atoms with van der Waals surface area (Å²) in [4.78, 5) is 0. The first-order chi connectivity index (χ1) is 10.3. The predicted molar refractivity (Wildman–Crippen MR) is 81.9 cm³/mol. The molecule has 0 radical (unpaired) electrons. The lowest BCUT2D eigenvalue weighted by Crippen LogP contribution is -2.32. The van der Waals surface area contributed by atoms with Gasteiger partial charge in [0, 0.05) is 6.20 Å². The zero-order valence-corrected chi connectivity index (χ0v) is 13.0. The second-order valence-corrected chi connectivity index (χ2v) is 6.70. The van der Waals surface area contributed by atoms with E-state index in [2.05, 4.69) is 16.5 Å². The molecule has 1 spiro atoms. The Labute approximate surface area is 127 Å². The van der Waals surface area contributed by atoms with E-state index in [1.165, 1.54) is 44.9 Å². The highest BCUT2D eigenvalue weighted by molar-refractivity contribution is 4.94. The third-order valence-electron chi connectivity index (χ3n) is 4.97. The third kappa shape index (κ3) is 3.83. The lowest BCUT2D eigenvalue weighted by molar-refractivity contribution is -0.0689. The number of hydrogen-bond acceptors (Lipinski definition) is 4. The Balaban J connectivity index is 1.48. The van der Waals surface area contributed by atoms with Gasteiger partial charge in [-0.1, -0.05) is 24.5 Å². The summed E-state index contributed by atoms with van der Waals surface area (Å²) < 4.78 is 8.36. The Morgan fingerprint density at radius 2 is 2.10 bits per heavy atom. The van der Waals surface area contributed by atoms with Gasteiger partial charge in [0.05, 0.1) is 23.9 Å². The Morgan fingerprint density at radius 3 is 2.90 bits per heavy atom. The summed E-state index contributed by atoms with van der Waals surface area (Å²) in [7, 11) is 0. The van der Waals surface area contributed by atoms with Gasteiger partial charge in [-0.2, -0.15) is 0 Å². The number of unbranched alkanes of at least 4 members (excludes halogenated alkanes) is 1. The Morgan fingerprint density at radius 1 is 1.24 bits per heavy atom. The summed E-state index contributed by atoms with van der Waals surface area (Å²) in [6, 6.07) is 0. The number of aryl methyl sites for hydroxylation is 1. The van der Waals surface area contributed by atoms with Gasteiger partial charge in [-0.25, -0.2) is 4.68 Å². The number of nitrogens with two attached hydrogens (primary N) is 1. The van der Waals surface area contributed by atoms with E-state index in [1.54, 1.807) is 0 Å². The minimum absolute atomic E-state index is 0.202. The second kappa shape index (κ2) is 6.88. The average Bonchev–Trinajstić information content (AvgIpc) is 3.09. The van der Waals surface area contributed by atoms with E-state index in [1.807, 2.05) is 4.68 Å². The van der Waals surface area contributed by atoms with Crippen molar-refractivity contribution in [1.82, 2.24) is 15.0 Å². The van der Waals surface area contributed by atoms with E-state index in [-0.39, 0.29) is 5.60 Å². The van der Waals surface area contributed by atoms with Crippen LogP contribution in [-0.2, 0) is 17.7 Å². The number of aromatic nitrogens is 3. The normalized spacial score (nSPS) is 24.7. The van der Waals surface area contributed by atoms with Crippen molar-refractivity contribution in [2.24, 2.45) is 5.73 Å². The molecule has 1 aromatic rings. The van der Waals surface area contributed by atoms with Crippen molar-refractivity contribution in [3.8, 4) is 0 Å². The molecule has 0 bridgehead atoms. The molecular formula is C16H28N4O. The van der Waals surface area contributed by atoms with Gasteiger partial charge in [0.25, 0.3) is 0 Å². The topological polar surface area (TPSA) is 66.0 Å². The quantitative estimate of drug-likeness (QED) is 0.818. The van der Waals surface area contributed by atoms with Crippen LogP contribution in [0.15, 0.2) is 6.20 Å². The summed E-state index contributed by atoms with van der Waals surface area (Å²) in [5.74, 6) is 0. The van der Waals surface area contributed by atoms with Crippen LogP contribution < -0.4 is 5.73 Å². The smallest absolute Gasteiger partial charge is 0.0827 e. The maximum Gasteiger partial charge on any atom is 0.0827 e. The van der Waals surface area contributed by atoms with E-state index >= 15 is 0 Å². The molecule has 1 atom stereocenters. The SMILES string of the molecule is NCCCCc1cn(CC2CCC3(CCCCC3)O2)nn1. The van der Waals surface area contributed by atoms with Gasteiger partial charge in [0.2, 0.25) is 0 Å². The lowest BCUT2D eigenvalue weighted by Gasteiger charge is -2.33. The molecule has 1 saturated carbocycles. The Hall–Kier alpha value is -0.940. The molecule has 5 nitrogen and oxygen atoms in total. The highest BCUT2D eigenvalue weighted by Crippen LogP contribution is 2.42. The Bertz CT molecular complexity index is 439. The molecule has 5 heteroatoms. The number of hydrogen-bond donors (Lipinski definition) is 1. The molecule has 1 aliphatic heterocycles. The maximum absolute atomic E-state index is 6.40. The monoisotopic (exact) mass is 292 g/mol. The van der Waals surface area contributed by atoms with Gasteiger partial charge in [-0.05, 0) is 51.5 Å². The van der Waals surface area contributed by atoms with Crippen molar-refractivity contribution in [3.63, 3.8) is 0 Å². The van der Waals surface area contributed by atoms with Crippen molar-refractivity contribution in [2.45, 2.75) is 82.5 Å². The first kappa shape index (κ1) is 15.0. The van der Waals surface area contributed by atoms with E-state index < -0.39 is 0 Å². The van der Waals surface area contributed by atoms with E-state index in [0.717, 1.165) is 38.0 Å². The van der Waals surface area contributed by atoms with Crippen molar-refractivity contribution in [2.75, 3.05) is 6.54 Å².